The quantitative estimate of drug-likeness (QED) is 0.877. The average Bonchev–Trinajstić information content (AvgIpc) is 2.26. The first-order valence-corrected chi connectivity index (χ1v) is 6.04. The van der Waals surface area contributed by atoms with Gasteiger partial charge in [-0.05, 0) is 44.0 Å². The molecule has 0 unspecified atom stereocenters. The zero-order valence-electron chi connectivity index (χ0n) is 8.11. The molecule has 1 aromatic carbocycles. The lowest BCUT2D eigenvalue weighted by molar-refractivity contribution is 1.20. The van der Waals surface area contributed by atoms with Gasteiger partial charge in [-0.1, -0.05) is 6.07 Å². The van der Waals surface area contributed by atoms with Crippen LogP contribution in [-0.2, 0) is 0 Å². The van der Waals surface area contributed by atoms with Gasteiger partial charge in [0, 0.05) is 8.95 Å². The van der Waals surface area contributed by atoms with Crippen molar-refractivity contribution in [1.82, 2.24) is 9.97 Å². The molecular formula is C10H8Br2N4. The number of nitrogens with zero attached hydrogens (tertiary/aromatic N) is 2. The molecule has 0 spiro atoms. The van der Waals surface area contributed by atoms with Gasteiger partial charge in [0.1, 0.15) is 11.6 Å². The summed E-state index contributed by atoms with van der Waals surface area (Å²) in [6.45, 7) is 0. The molecule has 0 amide bonds. The van der Waals surface area contributed by atoms with Crippen molar-refractivity contribution in [2.45, 2.75) is 0 Å². The molecule has 0 saturated heterocycles. The molecule has 2 rings (SSSR count). The number of halogens is 2. The number of para-hydroxylation sites is 1. The number of hydrogen-bond donors (Lipinski definition) is 2. The van der Waals surface area contributed by atoms with Gasteiger partial charge in [-0.25, -0.2) is 9.97 Å². The summed E-state index contributed by atoms with van der Waals surface area (Å²) in [4.78, 5) is 8.07. The Morgan fingerprint density at radius 2 is 1.75 bits per heavy atom. The third-order valence-electron chi connectivity index (χ3n) is 1.89. The van der Waals surface area contributed by atoms with Crippen molar-refractivity contribution in [3.8, 4) is 0 Å². The number of rotatable bonds is 2. The zero-order valence-corrected chi connectivity index (χ0v) is 11.3. The highest BCUT2D eigenvalue weighted by Gasteiger charge is 2.05. The maximum Gasteiger partial charge on any atom is 0.149 e. The largest absolute Gasteiger partial charge is 0.382 e. The molecule has 0 bridgehead atoms. The third-order valence-corrected chi connectivity index (χ3v) is 3.21. The molecule has 16 heavy (non-hydrogen) atoms. The first kappa shape index (κ1) is 11.3. The van der Waals surface area contributed by atoms with Gasteiger partial charge in [0.25, 0.3) is 0 Å². The molecule has 1 aromatic heterocycles. The molecule has 4 nitrogen and oxygen atoms in total. The summed E-state index contributed by atoms with van der Waals surface area (Å²) in [5.41, 5.74) is 6.36. The van der Waals surface area contributed by atoms with Crippen molar-refractivity contribution in [3.63, 3.8) is 0 Å². The van der Waals surface area contributed by atoms with E-state index >= 15 is 0 Å². The van der Waals surface area contributed by atoms with Gasteiger partial charge in [-0.3, -0.25) is 0 Å². The fourth-order valence-electron chi connectivity index (χ4n) is 1.15. The standard InChI is InChI=1S/C10H8Br2N4/c11-6-2-1-3-7(12)10(6)16-9-5-14-8(13)4-15-9/h1-5H,(H2,13,14)(H,15,16). The molecule has 6 heteroatoms. The van der Waals surface area contributed by atoms with Crippen LogP contribution >= 0.6 is 31.9 Å². The van der Waals surface area contributed by atoms with Crippen molar-refractivity contribution < 1.29 is 0 Å². The maximum absolute atomic E-state index is 5.46. The molecule has 0 atom stereocenters. The van der Waals surface area contributed by atoms with Gasteiger partial charge in [-0.2, -0.15) is 0 Å². The number of aromatic nitrogens is 2. The van der Waals surface area contributed by atoms with E-state index in [4.69, 9.17) is 5.73 Å². The van der Waals surface area contributed by atoms with Gasteiger partial charge in [0.15, 0.2) is 0 Å². The Hall–Kier alpha value is -1.14. The summed E-state index contributed by atoms with van der Waals surface area (Å²) in [5.74, 6) is 1.04. The van der Waals surface area contributed by atoms with Crippen LogP contribution in [0.15, 0.2) is 39.5 Å². The minimum atomic E-state index is 0.400. The van der Waals surface area contributed by atoms with Crippen LogP contribution in [0.3, 0.4) is 0 Å². The molecule has 0 radical (unpaired) electrons. The van der Waals surface area contributed by atoms with Crippen molar-refractivity contribution in [2.75, 3.05) is 11.1 Å². The molecule has 2 aromatic rings. The fraction of sp³-hybridized carbons (Fsp3) is 0. The number of hydrogen-bond acceptors (Lipinski definition) is 4. The van der Waals surface area contributed by atoms with E-state index in [2.05, 4.69) is 47.1 Å². The van der Waals surface area contributed by atoms with E-state index in [9.17, 15) is 0 Å². The minimum Gasteiger partial charge on any atom is -0.382 e. The smallest absolute Gasteiger partial charge is 0.149 e. The second kappa shape index (κ2) is 4.80. The highest BCUT2D eigenvalue weighted by Crippen LogP contribution is 2.32. The van der Waals surface area contributed by atoms with Gasteiger partial charge in [-0.15, -0.1) is 0 Å². The summed E-state index contributed by atoms with van der Waals surface area (Å²) < 4.78 is 1.89. The van der Waals surface area contributed by atoms with Crippen molar-refractivity contribution in [3.05, 3.63) is 39.5 Å². The van der Waals surface area contributed by atoms with Gasteiger partial charge in [0.2, 0.25) is 0 Å². The lowest BCUT2D eigenvalue weighted by Crippen LogP contribution is -1.98. The Kier molecular flexibility index (Phi) is 3.40. The second-order valence-electron chi connectivity index (χ2n) is 3.05. The Morgan fingerprint density at radius 1 is 1.06 bits per heavy atom. The number of nitrogens with one attached hydrogen (secondary N) is 1. The molecular weight excluding hydrogens is 336 g/mol. The number of anilines is 3. The van der Waals surface area contributed by atoms with Crippen LogP contribution in [0.1, 0.15) is 0 Å². The molecule has 0 saturated carbocycles. The van der Waals surface area contributed by atoms with Gasteiger partial charge >= 0.3 is 0 Å². The maximum atomic E-state index is 5.46. The summed E-state index contributed by atoms with van der Waals surface area (Å²) in [5, 5.41) is 3.14. The fourth-order valence-corrected chi connectivity index (χ4v) is 2.34. The predicted molar refractivity (Wildman–Crippen MR) is 71.6 cm³/mol. The zero-order chi connectivity index (χ0) is 11.5. The summed E-state index contributed by atoms with van der Waals surface area (Å²) >= 11 is 6.91. The lowest BCUT2D eigenvalue weighted by Gasteiger charge is -2.09. The Balaban J connectivity index is 2.30. The molecule has 3 N–H and O–H groups in total. The third kappa shape index (κ3) is 2.51. The van der Waals surface area contributed by atoms with Crippen molar-refractivity contribution >= 4 is 49.2 Å². The second-order valence-corrected chi connectivity index (χ2v) is 4.76. The Morgan fingerprint density at radius 3 is 2.31 bits per heavy atom. The van der Waals surface area contributed by atoms with E-state index in [-0.39, 0.29) is 0 Å². The van der Waals surface area contributed by atoms with Crippen molar-refractivity contribution in [1.29, 1.82) is 0 Å². The lowest BCUT2D eigenvalue weighted by atomic mass is 10.3. The Labute approximate surface area is 110 Å². The summed E-state index contributed by atoms with van der Waals surface area (Å²) in [6, 6.07) is 5.82. The summed E-state index contributed by atoms with van der Waals surface area (Å²) in [7, 11) is 0. The van der Waals surface area contributed by atoms with Crippen LogP contribution in [0.25, 0.3) is 0 Å². The van der Waals surface area contributed by atoms with Crippen LogP contribution in [-0.4, -0.2) is 9.97 Å². The number of nitrogens with two attached hydrogens (primary N) is 1. The monoisotopic (exact) mass is 342 g/mol. The van der Waals surface area contributed by atoms with Crippen LogP contribution < -0.4 is 11.1 Å². The highest BCUT2D eigenvalue weighted by molar-refractivity contribution is 9.11. The van der Waals surface area contributed by atoms with E-state index in [1.807, 2.05) is 18.2 Å². The molecule has 0 fully saturated rings. The molecule has 82 valence electrons. The molecule has 1 heterocycles. The normalized spacial score (nSPS) is 10.1. The van der Waals surface area contributed by atoms with Crippen LogP contribution in [0.5, 0.6) is 0 Å². The number of nitrogen functional groups attached to an aromatic ring is 1. The first-order valence-electron chi connectivity index (χ1n) is 4.45. The Bertz CT molecular complexity index is 478. The molecule has 0 aliphatic heterocycles. The van der Waals surface area contributed by atoms with Crippen LogP contribution in [0, 0.1) is 0 Å². The van der Waals surface area contributed by atoms with Gasteiger partial charge < -0.3 is 11.1 Å². The van der Waals surface area contributed by atoms with Crippen LogP contribution in [0.4, 0.5) is 17.3 Å². The van der Waals surface area contributed by atoms with E-state index in [1.54, 1.807) is 6.20 Å². The summed E-state index contributed by atoms with van der Waals surface area (Å²) in [6.07, 6.45) is 3.09. The van der Waals surface area contributed by atoms with Crippen molar-refractivity contribution in [2.24, 2.45) is 0 Å². The van der Waals surface area contributed by atoms with Gasteiger partial charge in [0.05, 0.1) is 18.1 Å². The van der Waals surface area contributed by atoms with E-state index in [0.717, 1.165) is 14.6 Å². The highest BCUT2D eigenvalue weighted by atomic mass is 79.9. The first-order chi connectivity index (χ1) is 7.66. The van der Waals surface area contributed by atoms with E-state index in [1.165, 1.54) is 6.20 Å². The van der Waals surface area contributed by atoms with E-state index < -0.39 is 0 Å². The SMILES string of the molecule is Nc1cnc(Nc2c(Br)cccc2Br)cn1. The molecule has 0 aliphatic carbocycles. The topological polar surface area (TPSA) is 63.8 Å². The molecule has 0 aliphatic rings. The minimum absolute atomic E-state index is 0.400. The van der Waals surface area contributed by atoms with Crippen LogP contribution in [0.2, 0.25) is 0 Å². The predicted octanol–water partition coefficient (Wildman–Crippen LogP) is 3.33. The number of benzene rings is 1. The van der Waals surface area contributed by atoms with E-state index in [0.29, 0.717) is 11.6 Å². The average molecular weight is 344 g/mol.